The molecule has 2 fully saturated rings. The molecule has 0 spiro atoms. The molecule has 8 nitrogen and oxygen atoms in total. The Morgan fingerprint density at radius 2 is 1.95 bits per heavy atom. The summed E-state index contributed by atoms with van der Waals surface area (Å²) in [6, 6.07) is 18.4. The van der Waals surface area contributed by atoms with E-state index in [-0.39, 0.29) is 24.1 Å². The molecule has 0 radical (unpaired) electrons. The van der Waals surface area contributed by atoms with E-state index in [1.807, 2.05) is 36.5 Å². The number of methoxy groups -OCH3 is 1. The van der Waals surface area contributed by atoms with E-state index in [1.165, 1.54) is 11.1 Å². The third-order valence-corrected chi connectivity index (χ3v) is 8.18. The van der Waals surface area contributed by atoms with Crippen LogP contribution in [0, 0.1) is 5.92 Å². The van der Waals surface area contributed by atoms with Crippen LogP contribution in [-0.2, 0) is 15.9 Å². The Morgan fingerprint density at radius 1 is 1.08 bits per heavy atom. The Labute approximate surface area is 215 Å². The van der Waals surface area contributed by atoms with Crippen molar-refractivity contribution in [3.8, 4) is 5.75 Å². The summed E-state index contributed by atoms with van der Waals surface area (Å²) in [6.07, 6.45) is 5.01. The van der Waals surface area contributed by atoms with Gasteiger partial charge in [0.25, 0.3) is 0 Å². The van der Waals surface area contributed by atoms with Gasteiger partial charge in [0.2, 0.25) is 0 Å². The molecule has 2 N–H and O–H groups in total. The molecule has 37 heavy (non-hydrogen) atoms. The lowest BCUT2D eigenvalue weighted by atomic mass is 10.0. The monoisotopic (exact) mass is 498 g/mol. The topological polar surface area (TPSA) is 90.7 Å². The first kappa shape index (κ1) is 22.7. The molecule has 2 aromatic heterocycles. The van der Waals surface area contributed by atoms with Crippen molar-refractivity contribution in [1.82, 2.24) is 14.5 Å². The number of aliphatic hydroxyl groups excluding tert-OH is 1. The van der Waals surface area contributed by atoms with Gasteiger partial charge in [-0.1, -0.05) is 36.4 Å². The number of anilines is 1. The Bertz CT molecular complexity index is 1420. The average molecular weight is 499 g/mol. The molecule has 0 amide bonds. The molecular weight excluding hydrogens is 468 g/mol. The molecule has 3 heterocycles. The maximum atomic E-state index is 11.4. The molecule has 0 unspecified atom stereocenters. The predicted molar refractivity (Wildman–Crippen MR) is 138 cm³/mol. The van der Waals surface area contributed by atoms with Gasteiger partial charge in [0.15, 0.2) is 6.29 Å². The third kappa shape index (κ3) is 3.87. The summed E-state index contributed by atoms with van der Waals surface area (Å²) >= 11 is 0. The zero-order chi connectivity index (χ0) is 24.9. The maximum absolute atomic E-state index is 11.4. The van der Waals surface area contributed by atoms with Crippen molar-refractivity contribution in [3.63, 3.8) is 0 Å². The van der Waals surface area contributed by atoms with Gasteiger partial charge in [-0.05, 0) is 48.6 Å². The fourth-order valence-electron chi connectivity index (χ4n) is 6.27. The zero-order valence-corrected chi connectivity index (χ0v) is 20.7. The van der Waals surface area contributed by atoms with Crippen LogP contribution in [-0.4, -0.2) is 45.6 Å². The smallest absolute Gasteiger partial charge is 0.184 e. The van der Waals surface area contributed by atoms with Gasteiger partial charge in [-0.3, -0.25) is 0 Å². The van der Waals surface area contributed by atoms with Crippen molar-refractivity contribution in [2.24, 2.45) is 5.92 Å². The number of fused-ring (bicyclic) bond motifs is 3. The molecule has 1 aliphatic heterocycles. The van der Waals surface area contributed by atoms with Crippen LogP contribution in [0.3, 0.4) is 0 Å². The number of rotatable bonds is 5. The summed E-state index contributed by atoms with van der Waals surface area (Å²) in [5.41, 5.74) is 4.47. The highest BCUT2D eigenvalue weighted by Gasteiger charge is 2.48. The van der Waals surface area contributed by atoms with Gasteiger partial charge in [0.05, 0.1) is 37.3 Å². The van der Waals surface area contributed by atoms with Crippen LogP contribution in [0.15, 0.2) is 67.1 Å². The molecule has 190 valence electrons. The van der Waals surface area contributed by atoms with Crippen LogP contribution in [0.25, 0.3) is 11.0 Å². The fraction of sp³-hybridized carbons (Fsp3) is 0.379. The standard InChI is InChI=1S/C29H30N4O4/c1-35-20-9-6-18(7-10-20)29-36-15-19-14-24(25(34)26(19)37-29)33-13-12-22-27(30-16-31-28(22)33)32-23-11-8-17-4-2-3-5-21(17)23/h2-7,9-10,12-13,16,19,23-26,29,34H,8,11,14-15H2,1H3,(H,30,31,32)/t19-,23-,24+,25-,26+,29+/m0/s1. The number of aliphatic hydroxyl groups is 1. The van der Waals surface area contributed by atoms with E-state index in [0.29, 0.717) is 6.61 Å². The lowest BCUT2D eigenvalue weighted by Crippen LogP contribution is -2.39. The summed E-state index contributed by atoms with van der Waals surface area (Å²) in [5.74, 6) is 1.72. The molecule has 0 bridgehead atoms. The molecule has 1 saturated heterocycles. The Morgan fingerprint density at radius 3 is 2.81 bits per heavy atom. The molecule has 2 aliphatic carbocycles. The molecule has 6 atom stereocenters. The van der Waals surface area contributed by atoms with Crippen LogP contribution in [0.4, 0.5) is 5.82 Å². The Kier molecular flexibility index (Phi) is 5.61. The van der Waals surface area contributed by atoms with Gasteiger partial charge < -0.3 is 29.2 Å². The van der Waals surface area contributed by atoms with E-state index >= 15 is 0 Å². The number of ether oxygens (including phenoxy) is 3. The number of aromatic nitrogens is 3. The number of nitrogens with one attached hydrogen (secondary N) is 1. The summed E-state index contributed by atoms with van der Waals surface area (Å²) in [7, 11) is 1.64. The van der Waals surface area contributed by atoms with Crippen molar-refractivity contribution >= 4 is 16.9 Å². The van der Waals surface area contributed by atoms with E-state index in [4.69, 9.17) is 14.2 Å². The van der Waals surface area contributed by atoms with E-state index in [1.54, 1.807) is 13.4 Å². The minimum Gasteiger partial charge on any atom is -0.497 e. The number of nitrogens with zero attached hydrogens (tertiary/aromatic N) is 3. The van der Waals surface area contributed by atoms with Crippen LogP contribution < -0.4 is 10.1 Å². The fourth-order valence-corrected chi connectivity index (χ4v) is 6.27. The minimum atomic E-state index is -0.668. The maximum Gasteiger partial charge on any atom is 0.184 e. The normalized spacial score (nSPS) is 28.7. The highest BCUT2D eigenvalue weighted by Crippen LogP contribution is 2.45. The summed E-state index contributed by atoms with van der Waals surface area (Å²) in [4.78, 5) is 9.19. The van der Waals surface area contributed by atoms with Crippen molar-refractivity contribution in [2.75, 3.05) is 19.0 Å². The first-order valence-corrected chi connectivity index (χ1v) is 12.9. The second kappa shape index (κ2) is 9.13. The Balaban J connectivity index is 1.12. The highest BCUT2D eigenvalue weighted by atomic mass is 16.7. The predicted octanol–water partition coefficient (Wildman–Crippen LogP) is 4.58. The number of aryl methyl sites for hydroxylation is 1. The SMILES string of the molecule is COc1ccc([C@@H]2OC[C@@H]3C[C@@H](n4ccc5c(N[C@H]6CCc7ccccc76)ncnc54)[C@H](O)[C@@H]3O2)cc1. The molecule has 7 rings (SSSR count). The van der Waals surface area contributed by atoms with E-state index in [2.05, 4.69) is 44.1 Å². The van der Waals surface area contributed by atoms with Gasteiger partial charge in [-0.2, -0.15) is 0 Å². The van der Waals surface area contributed by atoms with Crippen LogP contribution >= 0.6 is 0 Å². The van der Waals surface area contributed by atoms with Crippen LogP contribution in [0.2, 0.25) is 0 Å². The molecule has 1 saturated carbocycles. The largest absolute Gasteiger partial charge is 0.497 e. The lowest BCUT2D eigenvalue weighted by molar-refractivity contribution is -0.249. The van der Waals surface area contributed by atoms with E-state index in [9.17, 15) is 5.11 Å². The summed E-state index contributed by atoms with van der Waals surface area (Å²) in [6.45, 7) is 0.539. The lowest BCUT2D eigenvalue weighted by Gasteiger charge is -2.34. The number of hydrogen-bond donors (Lipinski definition) is 2. The van der Waals surface area contributed by atoms with Crippen molar-refractivity contribution < 1.29 is 19.3 Å². The van der Waals surface area contributed by atoms with Gasteiger partial charge in [-0.25, -0.2) is 9.97 Å². The average Bonchev–Trinajstić information content (AvgIpc) is 3.65. The molecule has 3 aliphatic rings. The quantitative estimate of drug-likeness (QED) is 0.416. The van der Waals surface area contributed by atoms with Gasteiger partial charge in [0.1, 0.15) is 29.6 Å². The first-order chi connectivity index (χ1) is 18.2. The molecule has 8 heteroatoms. The van der Waals surface area contributed by atoms with E-state index in [0.717, 1.165) is 47.4 Å². The zero-order valence-electron chi connectivity index (χ0n) is 20.7. The minimum absolute atomic E-state index is 0.112. The van der Waals surface area contributed by atoms with Crippen molar-refractivity contribution in [1.29, 1.82) is 0 Å². The van der Waals surface area contributed by atoms with Gasteiger partial charge >= 0.3 is 0 Å². The number of hydrogen-bond acceptors (Lipinski definition) is 7. The first-order valence-electron chi connectivity index (χ1n) is 12.9. The van der Waals surface area contributed by atoms with Gasteiger partial charge in [0, 0.05) is 17.7 Å². The summed E-state index contributed by atoms with van der Waals surface area (Å²) < 4.78 is 19.7. The van der Waals surface area contributed by atoms with Crippen molar-refractivity contribution in [3.05, 3.63) is 83.8 Å². The second-order valence-electron chi connectivity index (χ2n) is 10.2. The van der Waals surface area contributed by atoms with Crippen LogP contribution in [0.1, 0.15) is 47.9 Å². The highest BCUT2D eigenvalue weighted by molar-refractivity contribution is 5.87. The van der Waals surface area contributed by atoms with Crippen molar-refractivity contribution in [2.45, 2.75) is 49.8 Å². The Hall–Kier alpha value is -3.46. The summed E-state index contributed by atoms with van der Waals surface area (Å²) in [5, 5.41) is 16.0. The third-order valence-electron chi connectivity index (χ3n) is 8.18. The molecule has 4 aromatic rings. The van der Waals surface area contributed by atoms with Crippen LogP contribution in [0.5, 0.6) is 5.75 Å². The molecule has 2 aromatic carbocycles. The number of benzene rings is 2. The second-order valence-corrected chi connectivity index (χ2v) is 10.2. The van der Waals surface area contributed by atoms with Gasteiger partial charge in [-0.15, -0.1) is 0 Å². The van der Waals surface area contributed by atoms with E-state index < -0.39 is 12.4 Å². The molecular formula is C29H30N4O4.